The van der Waals surface area contributed by atoms with Crippen molar-refractivity contribution in [3.63, 3.8) is 0 Å². The number of carbonyl (C=O) groups excluding carboxylic acids is 1. The van der Waals surface area contributed by atoms with Crippen molar-refractivity contribution < 1.29 is 43.4 Å². The number of esters is 1. The molecule has 0 rings (SSSR count). The van der Waals surface area contributed by atoms with Crippen LogP contribution < -0.4 is 0 Å². The van der Waals surface area contributed by atoms with E-state index in [2.05, 4.69) is 16.0 Å². The monoisotopic (exact) mass is 479 g/mol. The minimum absolute atomic E-state index is 0. The second-order valence-corrected chi connectivity index (χ2v) is 8.97. The molecule has 0 aromatic heterocycles. The van der Waals surface area contributed by atoms with Crippen LogP contribution in [-0.4, -0.2) is 94.4 Å². The minimum atomic E-state index is -4.47. The van der Waals surface area contributed by atoms with Gasteiger partial charge in [-0.25, -0.2) is 4.57 Å². The first kappa shape index (κ1) is 33.6. The first-order valence-corrected chi connectivity index (χ1v) is 12.5. The molecule has 0 aliphatic rings. The Bertz CT molecular complexity index is 468. The number of phosphoric ester groups is 1. The van der Waals surface area contributed by atoms with Crippen LogP contribution in [0, 0.1) is 0 Å². The molecule has 0 heterocycles. The van der Waals surface area contributed by atoms with Crippen molar-refractivity contribution >= 4 is 43.3 Å². The molecule has 3 atom stereocenters. The first-order valence-electron chi connectivity index (χ1n) is 11.0. The predicted molar refractivity (Wildman–Crippen MR) is 119 cm³/mol. The molecule has 0 saturated carbocycles. The Balaban J connectivity index is 0. The van der Waals surface area contributed by atoms with Gasteiger partial charge in [0.2, 0.25) is 0 Å². The van der Waals surface area contributed by atoms with Crippen molar-refractivity contribution in [2.75, 3.05) is 26.4 Å². The summed E-state index contributed by atoms with van der Waals surface area (Å²) in [5.41, 5.74) is 0. The number of ether oxygens (including phenoxy) is 1. The number of unbranched alkanes of at least 4 members (excludes halogenated alkanes) is 10. The average molecular weight is 480 g/mol. The van der Waals surface area contributed by atoms with Gasteiger partial charge in [0.05, 0.1) is 19.8 Å². The molecule has 0 fully saturated rings. The zero-order valence-electron chi connectivity index (χ0n) is 19.2. The Kier molecular flexibility index (Phi) is 24.2. The summed E-state index contributed by atoms with van der Waals surface area (Å²) in [6, 6.07) is 0. The minimum Gasteiger partial charge on any atom is -0.463 e. The standard InChI is InChI=1S/C20H41O9P.Na/c1-2-3-4-5-6-7-8-9-10-11-12-13-20(24)27-15-19(23)17-29-30(25,26)28-16-18(22)14-21;/h18-19,21-23H,2-17H2,1H3,(H,25,26);/t18?,19-;/m1./s1. The van der Waals surface area contributed by atoms with E-state index >= 15 is 0 Å². The van der Waals surface area contributed by atoms with Gasteiger partial charge in [0.15, 0.2) is 0 Å². The predicted octanol–water partition coefficient (Wildman–Crippen LogP) is 2.70. The van der Waals surface area contributed by atoms with Crippen LogP contribution in [0.15, 0.2) is 0 Å². The number of carbonyl (C=O) groups is 1. The summed E-state index contributed by atoms with van der Waals surface area (Å²) in [6.07, 6.45) is 10.7. The van der Waals surface area contributed by atoms with Crippen LogP contribution in [0.1, 0.15) is 84.0 Å². The number of aliphatic hydroxyl groups is 3. The number of hydrogen-bond donors (Lipinski definition) is 4. The van der Waals surface area contributed by atoms with Crippen LogP contribution in [0.25, 0.3) is 0 Å². The molecule has 9 nitrogen and oxygen atoms in total. The van der Waals surface area contributed by atoms with E-state index in [1.165, 1.54) is 51.4 Å². The van der Waals surface area contributed by atoms with E-state index in [4.69, 9.17) is 14.9 Å². The van der Waals surface area contributed by atoms with Gasteiger partial charge in [0, 0.05) is 36.0 Å². The molecule has 11 heteroatoms. The van der Waals surface area contributed by atoms with Crippen molar-refractivity contribution in [3.05, 3.63) is 0 Å². The van der Waals surface area contributed by atoms with Gasteiger partial charge in [0.1, 0.15) is 18.8 Å². The molecule has 0 bridgehead atoms. The molecule has 1 radical (unpaired) electrons. The van der Waals surface area contributed by atoms with E-state index in [-0.39, 0.29) is 42.6 Å². The van der Waals surface area contributed by atoms with E-state index in [0.29, 0.717) is 0 Å². The molecule has 181 valence electrons. The van der Waals surface area contributed by atoms with Crippen molar-refractivity contribution in [2.45, 2.75) is 96.2 Å². The summed E-state index contributed by atoms with van der Waals surface area (Å²) >= 11 is 0. The van der Waals surface area contributed by atoms with Gasteiger partial charge in [-0.2, -0.15) is 0 Å². The fraction of sp³-hybridized carbons (Fsp3) is 0.950. The molecular weight excluding hydrogens is 438 g/mol. The fourth-order valence-electron chi connectivity index (χ4n) is 2.69. The van der Waals surface area contributed by atoms with E-state index in [1.807, 2.05) is 0 Å². The van der Waals surface area contributed by atoms with Crippen LogP contribution in [0.3, 0.4) is 0 Å². The zero-order chi connectivity index (χ0) is 22.7. The van der Waals surface area contributed by atoms with Crippen molar-refractivity contribution in [1.29, 1.82) is 0 Å². The normalized spacial score (nSPS) is 15.0. The Hall–Kier alpha value is 0.460. The maximum absolute atomic E-state index is 11.7. The van der Waals surface area contributed by atoms with Gasteiger partial charge in [0.25, 0.3) is 0 Å². The molecule has 0 aromatic carbocycles. The average Bonchev–Trinajstić information content (AvgIpc) is 2.73. The third-order valence-electron chi connectivity index (χ3n) is 4.49. The van der Waals surface area contributed by atoms with Gasteiger partial charge in [-0.3, -0.25) is 13.8 Å². The second-order valence-electron chi connectivity index (χ2n) is 7.52. The van der Waals surface area contributed by atoms with E-state index in [1.54, 1.807) is 0 Å². The summed E-state index contributed by atoms with van der Waals surface area (Å²) in [4.78, 5) is 21.0. The van der Waals surface area contributed by atoms with E-state index in [9.17, 15) is 19.4 Å². The number of hydrogen-bond acceptors (Lipinski definition) is 8. The van der Waals surface area contributed by atoms with Crippen LogP contribution in [0.5, 0.6) is 0 Å². The second kappa shape index (κ2) is 22.3. The summed E-state index contributed by atoms with van der Waals surface area (Å²) < 4.78 is 25.4. The van der Waals surface area contributed by atoms with Crippen molar-refractivity contribution in [2.24, 2.45) is 0 Å². The molecule has 31 heavy (non-hydrogen) atoms. The summed E-state index contributed by atoms with van der Waals surface area (Å²) in [5, 5.41) is 27.3. The first-order chi connectivity index (χ1) is 14.3. The maximum atomic E-state index is 11.7. The largest absolute Gasteiger partial charge is 0.472 e. The molecule has 4 N–H and O–H groups in total. The Morgan fingerprint density at radius 3 is 1.74 bits per heavy atom. The molecule has 0 aromatic rings. The smallest absolute Gasteiger partial charge is 0.463 e. The van der Waals surface area contributed by atoms with Gasteiger partial charge in [-0.05, 0) is 6.42 Å². The SMILES string of the molecule is CCCCCCCCCCCCCC(=O)OC[C@@H](O)COP(=O)(O)OCC(O)CO.[Na]. The topological polar surface area (TPSA) is 143 Å². The third-order valence-corrected chi connectivity index (χ3v) is 5.44. The van der Waals surface area contributed by atoms with Crippen LogP contribution in [0.2, 0.25) is 0 Å². The Labute approximate surface area is 208 Å². The van der Waals surface area contributed by atoms with Crippen molar-refractivity contribution in [3.8, 4) is 0 Å². The molecule has 0 amide bonds. The third kappa shape index (κ3) is 23.4. The molecule has 2 unspecified atom stereocenters. The molecule has 0 aliphatic carbocycles. The van der Waals surface area contributed by atoms with Crippen LogP contribution >= 0.6 is 7.82 Å². The van der Waals surface area contributed by atoms with Gasteiger partial charge in [-0.15, -0.1) is 0 Å². The summed E-state index contributed by atoms with van der Waals surface area (Å²) in [5.74, 6) is -0.431. The quantitative estimate of drug-likeness (QED) is 0.0845. The van der Waals surface area contributed by atoms with Crippen molar-refractivity contribution in [1.82, 2.24) is 0 Å². The Morgan fingerprint density at radius 2 is 1.26 bits per heavy atom. The van der Waals surface area contributed by atoms with Crippen LogP contribution in [-0.2, 0) is 23.1 Å². The number of rotatable bonds is 21. The molecular formula is C20H41NaO9P. The van der Waals surface area contributed by atoms with E-state index < -0.39 is 45.8 Å². The zero-order valence-corrected chi connectivity index (χ0v) is 22.1. The molecule has 0 aliphatic heterocycles. The van der Waals surface area contributed by atoms with Gasteiger partial charge >= 0.3 is 13.8 Å². The van der Waals surface area contributed by atoms with Crippen LogP contribution in [0.4, 0.5) is 0 Å². The van der Waals surface area contributed by atoms with Gasteiger partial charge < -0.3 is 24.9 Å². The molecule has 0 spiro atoms. The summed E-state index contributed by atoms with van der Waals surface area (Å²) in [6.45, 7) is 0.0746. The molecule has 0 saturated heterocycles. The Morgan fingerprint density at radius 1 is 0.806 bits per heavy atom. The maximum Gasteiger partial charge on any atom is 0.472 e. The number of phosphoric acid groups is 1. The van der Waals surface area contributed by atoms with E-state index in [0.717, 1.165) is 19.3 Å². The van der Waals surface area contributed by atoms with Gasteiger partial charge in [-0.1, -0.05) is 71.1 Å². The number of aliphatic hydroxyl groups excluding tert-OH is 3. The summed E-state index contributed by atoms with van der Waals surface area (Å²) in [7, 11) is -4.47. The fourth-order valence-corrected chi connectivity index (χ4v) is 3.49.